The Morgan fingerprint density at radius 3 is 2.62 bits per heavy atom. The second kappa shape index (κ2) is 8.39. The van der Waals surface area contributed by atoms with Crippen molar-refractivity contribution in [1.82, 2.24) is 9.80 Å². The number of ether oxygens (including phenoxy) is 2. The number of hydrogen-bond acceptors (Lipinski definition) is 6. The predicted molar refractivity (Wildman–Crippen MR) is 107 cm³/mol. The summed E-state index contributed by atoms with van der Waals surface area (Å²) in [6.45, 7) is 1.35. The second-order valence-corrected chi connectivity index (χ2v) is 7.65. The van der Waals surface area contributed by atoms with Crippen LogP contribution in [0.1, 0.15) is 18.4 Å². The summed E-state index contributed by atoms with van der Waals surface area (Å²) in [5.74, 6) is -0.846. The summed E-state index contributed by atoms with van der Waals surface area (Å²) in [4.78, 5) is 31.6. The van der Waals surface area contributed by atoms with Gasteiger partial charge in [0.15, 0.2) is 5.92 Å². The van der Waals surface area contributed by atoms with E-state index in [9.17, 15) is 14.9 Å². The first kappa shape index (κ1) is 21.1. The van der Waals surface area contributed by atoms with Crippen molar-refractivity contribution in [2.75, 3.05) is 41.0 Å². The molecule has 0 radical (unpaired) electrons. The Balaban J connectivity index is 2.04. The zero-order chi connectivity index (χ0) is 21.2. The van der Waals surface area contributed by atoms with Gasteiger partial charge in [-0.2, -0.15) is 5.26 Å². The molecule has 0 bridgehead atoms. The lowest BCUT2D eigenvalue weighted by atomic mass is 9.73. The molecule has 1 atom stereocenters. The molecule has 2 fully saturated rings. The van der Waals surface area contributed by atoms with Gasteiger partial charge in [0.25, 0.3) is 5.91 Å². The number of carbonyl (C=O) groups excluding carboxylic acids is 2. The first-order valence-corrected chi connectivity index (χ1v) is 9.63. The lowest BCUT2D eigenvalue weighted by Gasteiger charge is -2.38. The minimum absolute atomic E-state index is 0.160. The van der Waals surface area contributed by atoms with E-state index in [1.54, 1.807) is 13.2 Å². The van der Waals surface area contributed by atoms with Crippen molar-refractivity contribution in [2.45, 2.75) is 18.3 Å². The molecule has 2 heterocycles. The molecule has 1 aromatic carbocycles. The average Bonchev–Trinajstić information content (AvgIpc) is 2.74. The molecule has 0 aromatic heterocycles. The van der Waals surface area contributed by atoms with Crippen LogP contribution in [0.5, 0.6) is 5.75 Å². The van der Waals surface area contributed by atoms with Crippen LogP contribution in [0.4, 0.5) is 4.79 Å². The Labute approximate surface area is 174 Å². The number of benzene rings is 1. The summed E-state index contributed by atoms with van der Waals surface area (Å²) in [5.41, 5.74) is 0.458. The summed E-state index contributed by atoms with van der Waals surface area (Å²) in [6.07, 6.45) is 1.34. The summed E-state index contributed by atoms with van der Waals surface area (Å²) in [6, 6.07) is 6.90. The number of amides is 3. The van der Waals surface area contributed by atoms with Crippen LogP contribution in [0.3, 0.4) is 0 Å². The molecule has 0 spiro atoms. The van der Waals surface area contributed by atoms with Gasteiger partial charge in [-0.15, -0.1) is 0 Å². The fraction of sp³-hybridized carbons (Fsp3) is 0.500. The van der Waals surface area contributed by atoms with Crippen molar-refractivity contribution < 1.29 is 19.1 Å². The molecule has 3 amide bonds. The monoisotopic (exact) mass is 418 g/mol. The molecule has 0 N–H and O–H groups in total. The second-order valence-electron chi connectivity index (χ2n) is 7.21. The highest BCUT2D eigenvalue weighted by molar-refractivity contribution is 6.30. The molecule has 154 valence electrons. The maximum atomic E-state index is 12.4. The van der Waals surface area contributed by atoms with Gasteiger partial charge in [-0.05, 0) is 31.0 Å². The lowest BCUT2D eigenvalue weighted by Crippen LogP contribution is -2.56. The third kappa shape index (κ3) is 3.80. The van der Waals surface area contributed by atoms with Crippen LogP contribution in [0.15, 0.2) is 23.2 Å². The molecule has 2 aliphatic rings. The first-order valence-electron chi connectivity index (χ1n) is 9.25. The van der Waals surface area contributed by atoms with E-state index < -0.39 is 23.3 Å². The number of rotatable bonds is 4. The van der Waals surface area contributed by atoms with E-state index in [1.807, 2.05) is 18.2 Å². The van der Waals surface area contributed by atoms with Crippen LogP contribution in [0.2, 0.25) is 5.02 Å². The Bertz CT molecular complexity index is 889. The molecule has 3 rings (SSSR count). The van der Waals surface area contributed by atoms with E-state index in [1.165, 1.54) is 19.0 Å². The van der Waals surface area contributed by atoms with Gasteiger partial charge in [0.1, 0.15) is 11.6 Å². The van der Waals surface area contributed by atoms with Gasteiger partial charge in [-0.3, -0.25) is 19.6 Å². The molecule has 0 aliphatic carbocycles. The SMILES string of the molecule is COc1ccc(Cl)cc1C1(CN=C2C(C#N)C(=O)N(C)C(=O)N2C)CCOCC1. The Morgan fingerprint density at radius 2 is 2.00 bits per heavy atom. The van der Waals surface area contributed by atoms with Gasteiger partial charge in [0, 0.05) is 43.3 Å². The summed E-state index contributed by atoms with van der Waals surface area (Å²) < 4.78 is 11.1. The molecule has 9 heteroatoms. The number of urea groups is 1. The van der Waals surface area contributed by atoms with E-state index >= 15 is 0 Å². The topological polar surface area (TPSA) is 95.2 Å². The van der Waals surface area contributed by atoms with E-state index in [2.05, 4.69) is 4.99 Å². The van der Waals surface area contributed by atoms with Crippen LogP contribution >= 0.6 is 11.6 Å². The molecule has 0 saturated carbocycles. The summed E-state index contributed by atoms with van der Waals surface area (Å²) >= 11 is 6.26. The third-order valence-corrected chi connectivity index (χ3v) is 5.84. The summed E-state index contributed by atoms with van der Waals surface area (Å²) in [5, 5.41) is 10.1. The Kier molecular flexibility index (Phi) is 6.10. The van der Waals surface area contributed by atoms with Gasteiger partial charge in [0.05, 0.1) is 19.7 Å². The number of hydrogen-bond donors (Lipinski definition) is 0. The molecular weight excluding hydrogens is 396 g/mol. The predicted octanol–water partition coefficient (Wildman–Crippen LogP) is 2.46. The number of aliphatic imine (C=N–C) groups is 1. The van der Waals surface area contributed by atoms with Gasteiger partial charge in [-0.25, -0.2) is 4.79 Å². The van der Waals surface area contributed by atoms with E-state index in [-0.39, 0.29) is 12.4 Å². The minimum Gasteiger partial charge on any atom is -0.496 e. The van der Waals surface area contributed by atoms with Crippen LogP contribution < -0.4 is 4.74 Å². The maximum absolute atomic E-state index is 12.4. The minimum atomic E-state index is -1.12. The summed E-state index contributed by atoms with van der Waals surface area (Å²) in [7, 11) is 4.48. The quantitative estimate of drug-likeness (QED) is 0.748. The highest BCUT2D eigenvalue weighted by Gasteiger charge is 2.42. The molecule has 8 nitrogen and oxygen atoms in total. The third-order valence-electron chi connectivity index (χ3n) is 5.61. The maximum Gasteiger partial charge on any atom is 0.331 e. The smallest absolute Gasteiger partial charge is 0.331 e. The normalized spacial score (nSPS) is 23.3. The number of nitrogens with zero attached hydrogens (tertiary/aromatic N) is 4. The average molecular weight is 419 g/mol. The van der Waals surface area contributed by atoms with Crippen molar-refractivity contribution in [3.8, 4) is 11.8 Å². The van der Waals surface area contributed by atoms with Crippen molar-refractivity contribution in [1.29, 1.82) is 5.26 Å². The van der Waals surface area contributed by atoms with E-state index in [0.29, 0.717) is 36.8 Å². The Morgan fingerprint density at radius 1 is 1.31 bits per heavy atom. The highest BCUT2D eigenvalue weighted by atomic mass is 35.5. The highest BCUT2D eigenvalue weighted by Crippen LogP contribution is 2.41. The van der Waals surface area contributed by atoms with Crippen LogP contribution in [-0.2, 0) is 14.9 Å². The standard InChI is InChI=1S/C20H23ClN4O4/c1-24-17(14(11-22)18(26)25(2)19(24)27)23-12-20(6-8-29-9-7-20)15-10-13(21)4-5-16(15)28-3/h4-5,10,14H,6-9,12H2,1-3H3. The van der Waals surface area contributed by atoms with Crippen LogP contribution in [0, 0.1) is 17.2 Å². The van der Waals surface area contributed by atoms with Crippen molar-refractivity contribution >= 4 is 29.4 Å². The molecule has 29 heavy (non-hydrogen) atoms. The Hall–Kier alpha value is -2.63. The first-order chi connectivity index (χ1) is 13.8. The molecule has 1 aromatic rings. The van der Waals surface area contributed by atoms with Crippen LogP contribution in [-0.4, -0.2) is 68.5 Å². The fourth-order valence-corrected chi connectivity index (χ4v) is 4.00. The largest absolute Gasteiger partial charge is 0.496 e. The van der Waals surface area contributed by atoms with E-state index in [0.717, 1.165) is 10.5 Å². The number of amidine groups is 1. The van der Waals surface area contributed by atoms with E-state index in [4.69, 9.17) is 21.1 Å². The number of methoxy groups -OCH3 is 1. The van der Waals surface area contributed by atoms with Gasteiger partial charge < -0.3 is 9.47 Å². The zero-order valence-electron chi connectivity index (χ0n) is 16.6. The molecule has 2 aliphatic heterocycles. The molecule has 2 saturated heterocycles. The van der Waals surface area contributed by atoms with Gasteiger partial charge in [-0.1, -0.05) is 11.6 Å². The fourth-order valence-electron chi connectivity index (χ4n) is 3.83. The van der Waals surface area contributed by atoms with Crippen molar-refractivity contribution in [2.24, 2.45) is 10.9 Å². The number of imide groups is 1. The zero-order valence-corrected chi connectivity index (χ0v) is 17.4. The van der Waals surface area contributed by atoms with Crippen LogP contribution in [0.25, 0.3) is 0 Å². The lowest BCUT2D eigenvalue weighted by molar-refractivity contribution is -0.129. The number of halogens is 1. The van der Waals surface area contributed by atoms with Crippen molar-refractivity contribution in [3.63, 3.8) is 0 Å². The molecule has 1 unspecified atom stereocenters. The van der Waals surface area contributed by atoms with Gasteiger partial charge in [0.2, 0.25) is 0 Å². The van der Waals surface area contributed by atoms with Gasteiger partial charge >= 0.3 is 6.03 Å². The van der Waals surface area contributed by atoms with Crippen molar-refractivity contribution in [3.05, 3.63) is 28.8 Å². The molecular formula is C20H23ClN4O4. The number of nitriles is 1. The number of carbonyl (C=O) groups is 2.